The van der Waals surface area contributed by atoms with Gasteiger partial charge in [-0.1, -0.05) is 24.3 Å². The first-order valence-electron chi connectivity index (χ1n) is 6.89. The number of hydrogen-bond donors (Lipinski definition) is 1. The molecule has 2 aromatic heterocycles. The molecule has 6 heteroatoms. The molecule has 0 radical (unpaired) electrons. The van der Waals surface area contributed by atoms with Crippen LogP contribution in [0.3, 0.4) is 0 Å². The van der Waals surface area contributed by atoms with Crippen molar-refractivity contribution in [2.24, 2.45) is 7.05 Å². The van der Waals surface area contributed by atoms with Gasteiger partial charge in [-0.25, -0.2) is 9.78 Å². The van der Waals surface area contributed by atoms with Crippen LogP contribution in [0.25, 0.3) is 22.6 Å². The molecule has 0 atom stereocenters. The van der Waals surface area contributed by atoms with Crippen LogP contribution in [0, 0.1) is 0 Å². The van der Waals surface area contributed by atoms with Crippen LogP contribution >= 0.6 is 0 Å². The first kappa shape index (κ1) is 14.6. The van der Waals surface area contributed by atoms with Crippen LogP contribution in [0.1, 0.15) is 11.3 Å². The Hall–Kier alpha value is -3.28. The number of hydrogen-bond acceptors (Lipinski definition) is 4. The lowest BCUT2D eigenvalue weighted by Gasteiger charge is -2.05. The van der Waals surface area contributed by atoms with Crippen molar-refractivity contribution in [3.8, 4) is 0 Å². The highest BCUT2D eigenvalue weighted by atomic mass is 16.4. The monoisotopic (exact) mass is 307 g/mol. The normalized spacial score (nSPS) is 11.6. The number of fused-ring (bicyclic) bond motifs is 1. The molecule has 3 aromatic rings. The Morgan fingerprint density at radius 3 is 2.65 bits per heavy atom. The van der Waals surface area contributed by atoms with Crippen molar-refractivity contribution >= 4 is 34.3 Å². The molecule has 6 nitrogen and oxygen atoms in total. The SMILES string of the molecule is Cn1cc(/C=C(\C(=O)C(=O)O)c2ccc3ccccc3n2)cn1. The highest BCUT2D eigenvalue weighted by Crippen LogP contribution is 2.21. The zero-order valence-corrected chi connectivity index (χ0v) is 12.3. The number of rotatable bonds is 4. The predicted molar refractivity (Wildman–Crippen MR) is 85.5 cm³/mol. The maximum absolute atomic E-state index is 12.1. The number of aromatic nitrogens is 3. The van der Waals surface area contributed by atoms with Crippen LogP contribution in [0.5, 0.6) is 0 Å². The molecule has 0 aliphatic heterocycles. The van der Waals surface area contributed by atoms with E-state index in [4.69, 9.17) is 5.11 Å². The molecule has 1 aromatic carbocycles. The first-order chi connectivity index (χ1) is 11.0. The third-order valence-corrected chi connectivity index (χ3v) is 3.35. The molecule has 0 aliphatic rings. The highest BCUT2D eigenvalue weighted by molar-refractivity contribution is 6.52. The summed E-state index contributed by atoms with van der Waals surface area (Å²) in [5.41, 5.74) is 1.67. The molecule has 0 amide bonds. The van der Waals surface area contributed by atoms with Crippen LogP contribution in [-0.2, 0) is 16.6 Å². The zero-order chi connectivity index (χ0) is 16.4. The van der Waals surface area contributed by atoms with Gasteiger partial charge in [0.2, 0.25) is 0 Å². The summed E-state index contributed by atoms with van der Waals surface area (Å²) in [5, 5.41) is 14.0. The molecule has 0 bridgehead atoms. The molecular formula is C17H13N3O3. The molecule has 2 heterocycles. The second-order valence-corrected chi connectivity index (χ2v) is 5.03. The van der Waals surface area contributed by atoms with E-state index in [0.29, 0.717) is 16.8 Å². The van der Waals surface area contributed by atoms with Crippen molar-refractivity contribution in [2.75, 3.05) is 0 Å². The van der Waals surface area contributed by atoms with Gasteiger partial charge in [-0.3, -0.25) is 9.48 Å². The molecule has 23 heavy (non-hydrogen) atoms. The number of pyridine rings is 1. The van der Waals surface area contributed by atoms with E-state index >= 15 is 0 Å². The number of para-hydroxylation sites is 1. The molecule has 1 N–H and O–H groups in total. The number of Topliss-reactive ketones (excluding diaryl/α,β-unsaturated/α-hetero) is 1. The van der Waals surface area contributed by atoms with Gasteiger partial charge in [0, 0.05) is 24.2 Å². The summed E-state index contributed by atoms with van der Waals surface area (Å²) in [6.45, 7) is 0. The summed E-state index contributed by atoms with van der Waals surface area (Å²) < 4.78 is 1.57. The van der Waals surface area contributed by atoms with E-state index in [9.17, 15) is 9.59 Å². The van der Waals surface area contributed by atoms with Gasteiger partial charge in [0.05, 0.1) is 23.0 Å². The number of ketones is 1. The molecule has 0 saturated heterocycles. The van der Waals surface area contributed by atoms with Crippen LogP contribution in [0.4, 0.5) is 0 Å². The van der Waals surface area contributed by atoms with E-state index in [-0.39, 0.29) is 5.57 Å². The van der Waals surface area contributed by atoms with Crippen molar-refractivity contribution in [3.05, 3.63) is 60.0 Å². The maximum atomic E-state index is 12.1. The molecule has 0 fully saturated rings. The van der Waals surface area contributed by atoms with Crippen molar-refractivity contribution < 1.29 is 14.7 Å². The summed E-state index contributed by atoms with van der Waals surface area (Å²) in [6, 6.07) is 10.9. The molecule has 114 valence electrons. The summed E-state index contributed by atoms with van der Waals surface area (Å²) >= 11 is 0. The summed E-state index contributed by atoms with van der Waals surface area (Å²) in [6.07, 6.45) is 4.73. The quantitative estimate of drug-likeness (QED) is 0.590. The van der Waals surface area contributed by atoms with Gasteiger partial charge in [-0.15, -0.1) is 0 Å². The van der Waals surface area contributed by atoms with Crippen molar-refractivity contribution in [1.82, 2.24) is 14.8 Å². The number of aliphatic carboxylic acids is 1. The number of carbonyl (C=O) groups excluding carboxylic acids is 1. The minimum atomic E-state index is -1.52. The van der Waals surface area contributed by atoms with Crippen LogP contribution < -0.4 is 0 Å². The molecule has 0 unspecified atom stereocenters. The number of carbonyl (C=O) groups is 2. The Kier molecular flexibility index (Phi) is 3.72. The van der Waals surface area contributed by atoms with Gasteiger partial charge < -0.3 is 5.11 Å². The fraction of sp³-hybridized carbons (Fsp3) is 0.0588. The zero-order valence-electron chi connectivity index (χ0n) is 12.3. The molecule has 0 spiro atoms. The topological polar surface area (TPSA) is 85.1 Å². The lowest BCUT2D eigenvalue weighted by molar-refractivity contribution is -0.146. The number of benzene rings is 1. The van der Waals surface area contributed by atoms with E-state index in [1.54, 1.807) is 30.2 Å². The predicted octanol–water partition coefficient (Wildman–Crippen LogP) is 2.16. The smallest absolute Gasteiger partial charge is 0.377 e. The van der Waals surface area contributed by atoms with Gasteiger partial charge in [0.15, 0.2) is 0 Å². The van der Waals surface area contributed by atoms with E-state index in [0.717, 1.165) is 5.39 Å². The molecule has 3 rings (SSSR count). The van der Waals surface area contributed by atoms with Crippen LogP contribution in [-0.4, -0.2) is 31.6 Å². The average Bonchev–Trinajstić information content (AvgIpc) is 2.96. The van der Waals surface area contributed by atoms with Crippen molar-refractivity contribution in [1.29, 1.82) is 0 Å². The van der Waals surface area contributed by atoms with Gasteiger partial charge in [-0.05, 0) is 18.2 Å². The van der Waals surface area contributed by atoms with Crippen LogP contribution in [0.15, 0.2) is 48.8 Å². The maximum Gasteiger partial charge on any atom is 0.377 e. The van der Waals surface area contributed by atoms with Crippen LogP contribution in [0.2, 0.25) is 0 Å². The Morgan fingerprint density at radius 1 is 1.17 bits per heavy atom. The van der Waals surface area contributed by atoms with Gasteiger partial charge in [-0.2, -0.15) is 5.10 Å². The Morgan fingerprint density at radius 2 is 1.96 bits per heavy atom. The fourth-order valence-corrected chi connectivity index (χ4v) is 2.27. The minimum absolute atomic E-state index is 0.0243. The molecule has 0 saturated carbocycles. The van der Waals surface area contributed by atoms with Gasteiger partial charge >= 0.3 is 5.97 Å². The largest absolute Gasteiger partial charge is 0.475 e. The second-order valence-electron chi connectivity index (χ2n) is 5.03. The lowest BCUT2D eigenvalue weighted by atomic mass is 10.0. The molecule has 0 aliphatic carbocycles. The highest BCUT2D eigenvalue weighted by Gasteiger charge is 2.21. The van der Waals surface area contributed by atoms with E-state index in [1.165, 1.54) is 6.08 Å². The van der Waals surface area contributed by atoms with Gasteiger partial charge in [0.1, 0.15) is 0 Å². The molecular weight excluding hydrogens is 294 g/mol. The minimum Gasteiger partial charge on any atom is -0.475 e. The van der Waals surface area contributed by atoms with E-state index in [1.807, 2.05) is 30.3 Å². The fourth-order valence-electron chi connectivity index (χ4n) is 2.27. The van der Waals surface area contributed by atoms with Gasteiger partial charge in [0.25, 0.3) is 5.78 Å². The number of carboxylic acid groups (broad SMARTS) is 1. The summed E-state index contributed by atoms with van der Waals surface area (Å²) in [4.78, 5) is 27.6. The van der Waals surface area contributed by atoms with E-state index < -0.39 is 11.8 Å². The summed E-state index contributed by atoms with van der Waals surface area (Å²) in [7, 11) is 1.74. The number of nitrogens with zero attached hydrogens (tertiary/aromatic N) is 3. The Labute approximate surface area is 131 Å². The third-order valence-electron chi connectivity index (χ3n) is 3.35. The number of aryl methyl sites for hydroxylation is 1. The third kappa shape index (κ3) is 3.01. The Balaban J connectivity index is 2.15. The average molecular weight is 307 g/mol. The standard InChI is InChI=1S/C17H13N3O3/c1-20-10-11(9-18-20)8-13(16(21)17(22)23)15-7-6-12-4-2-3-5-14(12)19-15/h2-10H,1H3,(H,22,23)/b13-8-. The van der Waals surface area contributed by atoms with Crippen molar-refractivity contribution in [2.45, 2.75) is 0 Å². The Bertz CT molecular complexity index is 941. The second kappa shape index (κ2) is 5.84. The summed E-state index contributed by atoms with van der Waals surface area (Å²) in [5.74, 6) is -2.52. The van der Waals surface area contributed by atoms with Crippen molar-refractivity contribution in [3.63, 3.8) is 0 Å². The van der Waals surface area contributed by atoms with E-state index in [2.05, 4.69) is 10.1 Å². The number of carboxylic acids is 1. The lowest BCUT2D eigenvalue weighted by Crippen LogP contribution is -2.15. The first-order valence-corrected chi connectivity index (χ1v) is 6.89.